The SMILES string of the molecule is C[C@H](NC(=O)c1ccc(NC2CC2)nc1)c1cccc(N2CCOC2=O)c1. The van der Waals surface area contributed by atoms with Crippen molar-refractivity contribution in [1.29, 1.82) is 0 Å². The van der Waals surface area contributed by atoms with Gasteiger partial charge >= 0.3 is 6.09 Å². The van der Waals surface area contributed by atoms with Crippen LogP contribution in [0.25, 0.3) is 0 Å². The molecule has 2 aliphatic rings. The molecule has 4 rings (SSSR count). The van der Waals surface area contributed by atoms with E-state index in [2.05, 4.69) is 15.6 Å². The zero-order valence-electron chi connectivity index (χ0n) is 15.1. The van der Waals surface area contributed by atoms with Crippen LogP contribution in [0, 0.1) is 0 Å². The van der Waals surface area contributed by atoms with Gasteiger partial charge in [-0.05, 0) is 49.6 Å². The highest BCUT2D eigenvalue weighted by Gasteiger charge is 2.24. The molecule has 2 amide bonds. The van der Waals surface area contributed by atoms with E-state index in [9.17, 15) is 9.59 Å². The summed E-state index contributed by atoms with van der Waals surface area (Å²) in [5.74, 6) is 0.617. The Kier molecular flexibility index (Phi) is 4.66. The summed E-state index contributed by atoms with van der Waals surface area (Å²) in [6.07, 6.45) is 3.60. The first kappa shape index (κ1) is 17.3. The zero-order chi connectivity index (χ0) is 18.8. The number of cyclic esters (lactones) is 1. The third kappa shape index (κ3) is 4.02. The Morgan fingerprint density at radius 3 is 2.81 bits per heavy atom. The van der Waals surface area contributed by atoms with E-state index in [0.29, 0.717) is 24.8 Å². The monoisotopic (exact) mass is 366 g/mol. The van der Waals surface area contributed by atoms with Gasteiger partial charge in [-0.1, -0.05) is 12.1 Å². The van der Waals surface area contributed by atoms with Gasteiger partial charge < -0.3 is 15.4 Å². The predicted molar refractivity (Wildman–Crippen MR) is 102 cm³/mol. The van der Waals surface area contributed by atoms with Crippen molar-refractivity contribution in [2.75, 3.05) is 23.4 Å². The van der Waals surface area contributed by atoms with Crippen molar-refractivity contribution < 1.29 is 14.3 Å². The number of anilines is 2. The highest BCUT2D eigenvalue weighted by molar-refractivity contribution is 5.94. The first-order valence-electron chi connectivity index (χ1n) is 9.18. The standard InChI is InChI=1S/C20H22N4O3/c1-13(14-3-2-4-17(11-14)24-9-10-27-20(24)26)22-19(25)15-5-8-18(21-12-15)23-16-6-7-16/h2-5,8,11-13,16H,6-7,9-10H2,1H3,(H,21,23)(H,22,25)/t13-/m0/s1. The quantitative estimate of drug-likeness (QED) is 0.821. The number of hydrogen-bond donors (Lipinski definition) is 2. The van der Waals surface area contributed by atoms with E-state index in [0.717, 1.165) is 17.1 Å². The van der Waals surface area contributed by atoms with E-state index in [1.165, 1.54) is 12.8 Å². The van der Waals surface area contributed by atoms with Gasteiger partial charge in [0.15, 0.2) is 0 Å². The molecule has 1 aliphatic carbocycles. The van der Waals surface area contributed by atoms with Crippen molar-refractivity contribution in [2.45, 2.75) is 31.8 Å². The van der Waals surface area contributed by atoms with Crippen LogP contribution >= 0.6 is 0 Å². The normalized spacial score (nSPS) is 17.4. The van der Waals surface area contributed by atoms with Gasteiger partial charge in [-0.3, -0.25) is 9.69 Å². The van der Waals surface area contributed by atoms with Crippen LogP contribution in [0.1, 0.15) is 41.7 Å². The van der Waals surface area contributed by atoms with Gasteiger partial charge in [0.2, 0.25) is 0 Å². The van der Waals surface area contributed by atoms with Crippen molar-refractivity contribution in [3.8, 4) is 0 Å². The molecule has 2 N–H and O–H groups in total. The van der Waals surface area contributed by atoms with Gasteiger partial charge in [0.1, 0.15) is 12.4 Å². The molecule has 1 saturated heterocycles. The second-order valence-corrected chi connectivity index (χ2v) is 6.91. The Morgan fingerprint density at radius 2 is 2.15 bits per heavy atom. The largest absolute Gasteiger partial charge is 0.447 e. The molecule has 1 aliphatic heterocycles. The molecule has 7 nitrogen and oxygen atoms in total. The lowest BCUT2D eigenvalue weighted by Gasteiger charge is -2.18. The molecule has 0 radical (unpaired) electrons. The minimum Gasteiger partial charge on any atom is -0.447 e. The Balaban J connectivity index is 1.41. The van der Waals surface area contributed by atoms with Gasteiger partial charge in [0, 0.05) is 17.9 Å². The van der Waals surface area contributed by atoms with E-state index in [-0.39, 0.29) is 18.0 Å². The summed E-state index contributed by atoms with van der Waals surface area (Å²) in [6.45, 7) is 2.85. The fourth-order valence-corrected chi connectivity index (χ4v) is 3.00. The molecule has 1 aromatic carbocycles. The van der Waals surface area contributed by atoms with Crippen LogP contribution < -0.4 is 15.5 Å². The number of aromatic nitrogens is 1. The predicted octanol–water partition coefficient (Wildman–Crippen LogP) is 3.10. The van der Waals surface area contributed by atoms with Crippen molar-refractivity contribution in [3.63, 3.8) is 0 Å². The van der Waals surface area contributed by atoms with Crippen molar-refractivity contribution >= 4 is 23.5 Å². The second kappa shape index (κ2) is 7.26. The van der Waals surface area contributed by atoms with E-state index in [1.54, 1.807) is 17.2 Å². The maximum absolute atomic E-state index is 12.5. The summed E-state index contributed by atoms with van der Waals surface area (Å²) >= 11 is 0. The van der Waals surface area contributed by atoms with Crippen LogP contribution in [0.3, 0.4) is 0 Å². The third-order valence-electron chi connectivity index (χ3n) is 4.75. The van der Waals surface area contributed by atoms with Gasteiger partial charge in [-0.2, -0.15) is 0 Å². The highest BCUT2D eigenvalue weighted by Crippen LogP contribution is 2.24. The van der Waals surface area contributed by atoms with Crippen LogP contribution in [0.2, 0.25) is 0 Å². The molecule has 0 spiro atoms. The number of nitrogens with one attached hydrogen (secondary N) is 2. The summed E-state index contributed by atoms with van der Waals surface area (Å²) < 4.78 is 4.99. The zero-order valence-corrected chi connectivity index (χ0v) is 15.1. The number of benzene rings is 1. The van der Waals surface area contributed by atoms with Crippen LogP contribution in [-0.4, -0.2) is 36.2 Å². The number of amides is 2. The maximum atomic E-state index is 12.5. The van der Waals surface area contributed by atoms with E-state index >= 15 is 0 Å². The third-order valence-corrected chi connectivity index (χ3v) is 4.75. The molecule has 2 fully saturated rings. The maximum Gasteiger partial charge on any atom is 0.414 e. The smallest absolute Gasteiger partial charge is 0.414 e. The molecular weight excluding hydrogens is 344 g/mol. The summed E-state index contributed by atoms with van der Waals surface area (Å²) in [5.41, 5.74) is 2.20. The Bertz CT molecular complexity index is 849. The van der Waals surface area contributed by atoms with Gasteiger partial charge in [0.25, 0.3) is 5.91 Å². The van der Waals surface area contributed by atoms with Crippen LogP contribution in [-0.2, 0) is 4.74 Å². The molecule has 2 heterocycles. The van der Waals surface area contributed by atoms with Gasteiger partial charge in [0.05, 0.1) is 18.2 Å². The molecule has 1 atom stereocenters. The molecule has 2 aromatic rings. The van der Waals surface area contributed by atoms with E-state index in [1.807, 2.05) is 37.3 Å². The molecule has 0 bridgehead atoms. The van der Waals surface area contributed by atoms with Crippen molar-refractivity contribution in [3.05, 3.63) is 53.7 Å². The van der Waals surface area contributed by atoms with Crippen LogP contribution in [0.15, 0.2) is 42.6 Å². The van der Waals surface area contributed by atoms with Crippen LogP contribution in [0.4, 0.5) is 16.3 Å². The van der Waals surface area contributed by atoms with Crippen molar-refractivity contribution in [2.24, 2.45) is 0 Å². The van der Waals surface area contributed by atoms with E-state index in [4.69, 9.17) is 4.74 Å². The summed E-state index contributed by atoms with van der Waals surface area (Å²) in [5, 5.41) is 6.28. The Labute approximate surface area is 157 Å². The molecule has 1 saturated carbocycles. The summed E-state index contributed by atoms with van der Waals surface area (Å²) in [6, 6.07) is 11.5. The molecule has 0 unspecified atom stereocenters. The lowest BCUT2D eigenvalue weighted by Crippen LogP contribution is -2.27. The van der Waals surface area contributed by atoms with Crippen LogP contribution in [0.5, 0.6) is 0 Å². The molecule has 7 heteroatoms. The fourth-order valence-electron chi connectivity index (χ4n) is 3.00. The number of pyridine rings is 1. The minimum atomic E-state index is -0.338. The average molecular weight is 366 g/mol. The highest BCUT2D eigenvalue weighted by atomic mass is 16.6. The van der Waals surface area contributed by atoms with Crippen molar-refractivity contribution in [1.82, 2.24) is 10.3 Å². The number of carbonyl (C=O) groups excluding carboxylic acids is 2. The van der Waals surface area contributed by atoms with E-state index < -0.39 is 0 Å². The fraction of sp³-hybridized carbons (Fsp3) is 0.350. The Morgan fingerprint density at radius 1 is 1.30 bits per heavy atom. The average Bonchev–Trinajstić information content (AvgIpc) is 3.39. The topological polar surface area (TPSA) is 83.6 Å². The molecule has 1 aromatic heterocycles. The summed E-state index contributed by atoms with van der Waals surface area (Å²) in [4.78, 5) is 30.1. The second-order valence-electron chi connectivity index (χ2n) is 6.91. The first-order valence-corrected chi connectivity index (χ1v) is 9.18. The first-order chi connectivity index (χ1) is 13.1. The molecule has 140 valence electrons. The molecular formula is C20H22N4O3. The number of ether oxygens (including phenoxy) is 1. The van der Waals surface area contributed by atoms with Gasteiger partial charge in [-0.15, -0.1) is 0 Å². The number of carbonyl (C=O) groups is 2. The molecule has 27 heavy (non-hydrogen) atoms. The number of hydrogen-bond acceptors (Lipinski definition) is 5. The summed E-state index contributed by atoms with van der Waals surface area (Å²) in [7, 11) is 0. The number of nitrogens with zero attached hydrogens (tertiary/aromatic N) is 2. The Hall–Kier alpha value is -3.09. The van der Waals surface area contributed by atoms with Gasteiger partial charge in [-0.25, -0.2) is 9.78 Å². The lowest BCUT2D eigenvalue weighted by molar-refractivity contribution is 0.0939. The number of rotatable bonds is 6. The lowest BCUT2D eigenvalue weighted by atomic mass is 10.1. The minimum absolute atomic E-state index is 0.182.